The molecule has 8 nitrogen and oxygen atoms in total. The van der Waals surface area contributed by atoms with Gasteiger partial charge in [-0.1, -0.05) is 29.9 Å². The van der Waals surface area contributed by atoms with Gasteiger partial charge in [-0.25, -0.2) is 4.79 Å². The zero-order valence-corrected chi connectivity index (χ0v) is 15.4. The summed E-state index contributed by atoms with van der Waals surface area (Å²) < 4.78 is 0. The van der Waals surface area contributed by atoms with Gasteiger partial charge >= 0.3 is 5.97 Å². The number of hydrogen-bond acceptors (Lipinski definition) is 6. The molecule has 1 aromatic carbocycles. The van der Waals surface area contributed by atoms with Crippen LogP contribution in [0.25, 0.3) is 0 Å². The van der Waals surface area contributed by atoms with Crippen LogP contribution in [0.1, 0.15) is 32.3 Å². The van der Waals surface area contributed by atoms with Gasteiger partial charge in [0, 0.05) is 35.0 Å². The second-order valence-electron chi connectivity index (χ2n) is 6.05. The van der Waals surface area contributed by atoms with E-state index in [1.165, 1.54) is 18.2 Å². The summed E-state index contributed by atoms with van der Waals surface area (Å²) in [6, 6.07) is 5.96. The number of non-ortho nitro benzene ring substituents is 1. The lowest BCUT2D eigenvalue weighted by Crippen LogP contribution is -2.30. The topological polar surface area (TPSA) is 114 Å². The first-order valence-electron chi connectivity index (χ1n) is 8.22. The first-order valence-corrected chi connectivity index (χ1v) is 8.22. The van der Waals surface area contributed by atoms with Gasteiger partial charge in [-0.05, 0) is 26.3 Å². The van der Waals surface area contributed by atoms with Crippen LogP contribution >= 0.6 is 0 Å². The fourth-order valence-electron chi connectivity index (χ4n) is 3.14. The fraction of sp³-hybridized carbons (Fsp3) is 0.263. The number of benzene rings is 1. The highest BCUT2D eigenvalue weighted by atomic mass is 16.6. The highest BCUT2D eigenvalue weighted by Crippen LogP contribution is 2.39. The van der Waals surface area contributed by atoms with E-state index in [1.54, 1.807) is 32.9 Å². The average Bonchev–Trinajstić information content (AvgIpc) is 2.60. The Bertz CT molecular complexity index is 883. The number of nitro groups is 1. The molecular weight excluding hydrogens is 350 g/mol. The largest absolute Gasteiger partial charge is 0.478 e. The van der Waals surface area contributed by atoms with Crippen LogP contribution in [-0.2, 0) is 9.63 Å². The monoisotopic (exact) mass is 371 g/mol. The lowest BCUT2D eigenvalue weighted by atomic mass is 9.78. The van der Waals surface area contributed by atoms with Crippen molar-refractivity contribution in [3.63, 3.8) is 0 Å². The van der Waals surface area contributed by atoms with Crippen LogP contribution in [0.15, 0.2) is 64.6 Å². The first-order chi connectivity index (χ1) is 12.8. The van der Waals surface area contributed by atoms with Crippen LogP contribution in [0.5, 0.6) is 0 Å². The molecule has 1 heterocycles. The summed E-state index contributed by atoms with van der Waals surface area (Å²) in [4.78, 5) is 27.8. The van der Waals surface area contributed by atoms with Gasteiger partial charge in [0.05, 0.1) is 16.2 Å². The van der Waals surface area contributed by atoms with Gasteiger partial charge in [0.1, 0.15) is 6.61 Å². The molecule has 1 aromatic rings. The van der Waals surface area contributed by atoms with Gasteiger partial charge in [0.2, 0.25) is 0 Å². The van der Waals surface area contributed by atoms with Gasteiger partial charge in [-0.2, -0.15) is 0 Å². The van der Waals surface area contributed by atoms with Crippen molar-refractivity contribution in [2.75, 3.05) is 6.61 Å². The third-order valence-corrected chi connectivity index (χ3v) is 4.19. The minimum absolute atomic E-state index is 0.106. The third kappa shape index (κ3) is 4.22. The van der Waals surface area contributed by atoms with Crippen LogP contribution in [0, 0.1) is 10.1 Å². The Morgan fingerprint density at radius 1 is 1.41 bits per heavy atom. The quantitative estimate of drug-likeness (QED) is 0.249. The van der Waals surface area contributed by atoms with E-state index < -0.39 is 16.8 Å². The summed E-state index contributed by atoms with van der Waals surface area (Å²) in [7, 11) is 0. The molecule has 2 N–H and O–H groups in total. The predicted molar refractivity (Wildman–Crippen MR) is 101 cm³/mol. The number of nitrogens with one attached hydrogen (secondary N) is 1. The molecule has 0 saturated heterocycles. The Labute approximate surface area is 156 Å². The van der Waals surface area contributed by atoms with E-state index in [0.717, 1.165) is 0 Å². The van der Waals surface area contributed by atoms with Gasteiger partial charge in [-0.15, -0.1) is 0 Å². The summed E-state index contributed by atoms with van der Waals surface area (Å²) in [5.74, 6) is -1.83. The van der Waals surface area contributed by atoms with Crippen LogP contribution in [-0.4, -0.2) is 28.3 Å². The minimum Gasteiger partial charge on any atom is -0.478 e. The fourth-order valence-corrected chi connectivity index (χ4v) is 3.14. The summed E-state index contributed by atoms with van der Waals surface area (Å²) >= 11 is 0. The number of nitrogens with zero attached hydrogens (tertiary/aromatic N) is 2. The lowest BCUT2D eigenvalue weighted by Gasteiger charge is -2.30. The Balaban J connectivity index is 2.66. The zero-order chi connectivity index (χ0) is 20.1. The molecule has 8 heteroatoms. The molecule has 0 amide bonds. The molecule has 0 bridgehead atoms. The van der Waals surface area contributed by atoms with Crippen molar-refractivity contribution >= 4 is 17.4 Å². The second kappa shape index (κ2) is 8.31. The van der Waals surface area contributed by atoms with Crippen LogP contribution in [0.3, 0.4) is 0 Å². The van der Waals surface area contributed by atoms with Gasteiger partial charge in [0.25, 0.3) is 5.69 Å². The minimum atomic E-state index is -1.11. The van der Waals surface area contributed by atoms with Crippen LogP contribution in [0.2, 0.25) is 0 Å². The summed E-state index contributed by atoms with van der Waals surface area (Å²) in [6.45, 7) is 8.92. The maximum atomic E-state index is 12.0. The molecule has 142 valence electrons. The molecule has 1 atom stereocenters. The molecule has 0 aliphatic carbocycles. The first kappa shape index (κ1) is 19.9. The zero-order valence-electron chi connectivity index (χ0n) is 15.4. The van der Waals surface area contributed by atoms with E-state index in [2.05, 4.69) is 17.1 Å². The molecule has 0 spiro atoms. The SMILES string of the molecule is C=CCON=C(C)C1=C(C)NC(C)=C(C(=O)O)C1c1cccc([N+](=O)[O-])c1. The number of carboxylic acid groups (broad SMARTS) is 1. The number of oxime groups is 1. The van der Waals surface area contributed by atoms with E-state index in [1.807, 2.05) is 0 Å². The van der Waals surface area contributed by atoms with Crippen molar-refractivity contribution in [3.05, 3.63) is 75.1 Å². The number of hydrogen-bond donors (Lipinski definition) is 2. The van der Waals surface area contributed by atoms with Gasteiger partial charge < -0.3 is 15.3 Å². The van der Waals surface area contributed by atoms with E-state index in [-0.39, 0.29) is 17.9 Å². The standard InChI is InChI=1S/C19H21N3O5/c1-5-9-27-21-13(4)16-11(2)20-12(3)17(19(23)24)18(16)14-7-6-8-15(10-14)22(25)26/h5-8,10,18,20H,1,9H2,2-4H3,(H,23,24). The molecule has 2 rings (SSSR count). The third-order valence-electron chi connectivity index (χ3n) is 4.19. The molecule has 0 saturated carbocycles. The molecular formula is C19H21N3O5. The molecule has 0 aromatic heterocycles. The smallest absolute Gasteiger partial charge is 0.334 e. The molecule has 27 heavy (non-hydrogen) atoms. The predicted octanol–water partition coefficient (Wildman–Crippen LogP) is 3.49. The number of nitro benzene ring substituents is 1. The van der Waals surface area contributed by atoms with Crippen molar-refractivity contribution in [2.24, 2.45) is 5.16 Å². The Morgan fingerprint density at radius 3 is 2.67 bits per heavy atom. The van der Waals surface area contributed by atoms with Gasteiger partial charge in [0.15, 0.2) is 0 Å². The summed E-state index contributed by atoms with van der Waals surface area (Å²) in [5, 5.41) is 28.0. The van der Waals surface area contributed by atoms with Crippen molar-refractivity contribution < 1.29 is 19.7 Å². The molecule has 1 aliphatic rings. The average molecular weight is 371 g/mol. The number of carboxylic acids is 1. The summed E-state index contributed by atoms with van der Waals surface area (Å²) in [6.07, 6.45) is 1.54. The van der Waals surface area contributed by atoms with Crippen molar-refractivity contribution in [1.29, 1.82) is 0 Å². The van der Waals surface area contributed by atoms with E-state index in [4.69, 9.17) is 4.84 Å². The molecule has 1 aliphatic heterocycles. The number of aliphatic carboxylic acids is 1. The van der Waals surface area contributed by atoms with Crippen molar-refractivity contribution in [3.8, 4) is 0 Å². The van der Waals surface area contributed by atoms with Gasteiger partial charge in [-0.3, -0.25) is 10.1 Å². The summed E-state index contributed by atoms with van der Waals surface area (Å²) in [5.41, 5.74) is 2.75. The number of carbonyl (C=O) groups is 1. The highest BCUT2D eigenvalue weighted by Gasteiger charge is 2.35. The molecule has 0 radical (unpaired) electrons. The van der Waals surface area contributed by atoms with Crippen molar-refractivity contribution in [2.45, 2.75) is 26.7 Å². The van der Waals surface area contributed by atoms with E-state index in [0.29, 0.717) is 28.2 Å². The number of rotatable bonds is 7. The lowest BCUT2D eigenvalue weighted by molar-refractivity contribution is -0.384. The Kier molecular flexibility index (Phi) is 6.12. The molecule has 1 unspecified atom stereocenters. The number of dihydropyridines is 1. The Hall–Kier alpha value is -3.42. The Morgan fingerprint density at radius 2 is 2.07 bits per heavy atom. The molecule has 0 fully saturated rings. The van der Waals surface area contributed by atoms with Crippen molar-refractivity contribution in [1.82, 2.24) is 5.32 Å². The maximum absolute atomic E-state index is 12.0. The maximum Gasteiger partial charge on any atom is 0.334 e. The number of allylic oxidation sites excluding steroid dienone is 3. The highest BCUT2D eigenvalue weighted by molar-refractivity contribution is 6.04. The second-order valence-corrected chi connectivity index (χ2v) is 6.05. The van der Waals surface area contributed by atoms with Crippen LogP contribution in [0.4, 0.5) is 5.69 Å². The van der Waals surface area contributed by atoms with E-state index in [9.17, 15) is 20.0 Å². The van der Waals surface area contributed by atoms with Crippen LogP contribution < -0.4 is 5.32 Å². The normalized spacial score (nSPS) is 17.4. The van der Waals surface area contributed by atoms with E-state index >= 15 is 0 Å².